The molecule has 0 radical (unpaired) electrons. The van der Waals surface area contributed by atoms with E-state index in [0.29, 0.717) is 5.41 Å². The van der Waals surface area contributed by atoms with Gasteiger partial charge in [0, 0.05) is 12.6 Å². The molecule has 2 rings (SSSR count). The van der Waals surface area contributed by atoms with Crippen molar-refractivity contribution in [1.82, 2.24) is 4.90 Å². The Hall–Kier alpha value is -0.0400. The second-order valence-corrected chi connectivity index (χ2v) is 5.02. The molecule has 0 aliphatic carbocycles. The van der Waals surface area contributed by atoms with Crippen LogP contribution in [0.2, 0.25) is 0 Å². The second-order valence-electron chi connectivity index (χ2n) is 5.02. The first-order valence-electron chi connectivity index (χ1n) is 4.83. The third-order valence-electron chi connectivity index (χ3n) is 3.81. The summed E-state index contributed by atoms with van der Waals surface area (Å²) in [5, 5.41) is 0. The first-order valence-corrected chi connectivity index (χ1v) is 4.83. The summed E-state index contributed by atoms with van der Waals surface area (Å²) in [5.74, 6) is 1.01. The molecule has 0 aromatic heterocycles. The summed E-state index contributed by atoms with van der Waals surface area (Å²) < 4.78 is 0. The summed E-state index contributed by atoms with van der Waals surface area (Å²) in [6.07, 6.45) is 2.90. The summed E-state index contributed by atoms with van der Waals surface area (Å²) in [6.45, 7) is 9.96. The Bertz CT molecular complexity index is 162. The van der Waals surface area contributed by atoms with E-state index in [1.165, 1.54) is 25.9 Å². The lowest BCUT2D eigenvalue weighted by Crippen LogP contribution is -2.46. The Balaban J connectivity index is 2.18. The van der Waals surface area contributed by atoms with Crippen molar-refractivity contribution < 1.29 is 0 Å². The Labute approximate surface area is 69.8 Å². The Kier molecular flexibility index (Phi) is 1.54. The van der Waals surface area contributed by atoms with Crippen molar-refractivity contribution in [2.75, 3.05) is 13.1 Å². The van der Waals surface area contributed by atoms with Crippen molar-refractivity contribution in [3.63, 3.8) is 0 Å². The first kappa shape index (κ1) is 7.60. The van der Waals surface area contributed by atoms with Crippen LogP contribution in [0.5, 0.6) is 0 Å². The summed E-state index contributed by atoms with van der Waals surface area (Å²) >= 11 is 0. The molecule has 2 aliphatic rings. The fraction of sp³-hybridized carbons (Fsp3) is 1.00. The van der Waals surface area contributed by atoms with Gasteiger partial charge in [-0.25, -0.2) is 0 Å². The lowest BCUT2D eigenvalue weighted by Gasteiger charge is -2.43. The third-order valence-corrected chi connectivity index (χ3v) is 3.81. The average molecular weight is 153 g/mol. The summed E-state index contributed by atoms with van der Waals surface area (Å²) in [6, 6.07) is 0.807. The number of fused-ring (bicyclic) bond motifs is 2. The van der Waals surface area contributed by atoms with Gasteiger partial charge in [-0.2, -0.15) is 0 Å². The van der Waals surface area contributed by atoms with Crippen molar-refractivity contribution in [3.05, 3.63) is 0 Å². The van der Waals surface area contributed by atoms with Crippen LogP contribution in [0.3, 0.4) is 0 Å². The Morgan fingerprint density at radius 3 is 2.82 bits per heavy atom. The van der Waals surface area contributed by atoms with E-state index in [4.69, 9.17) is 0 Å². The highest BCUT2D eigenvalue weighted by Gasteiger charge is 2.42. The molecule has 2 saturated heterocycles. The Morgan fingerprint density at radius 2 is 2.09 bits per heavy atom. The van der Waals surface area contributed by atoms with Gasteiger partial charge >= 0.3 is 0 Å². The van der Waals surface area contributed by atoms with Crippen LogP contribution < -0.4 is 0 Å². The van der Waals surface area contributed by atoms with E-state index in [-0.39, 0.29) is 0 Å². The zero-order valence-corrected chi connectivity index (χ0v) is 7.93. The van der Waals surface area contributed by atoms with Gasteiger partial charge in [-0.3, -0.25) is 4.90 Å². The molecule has 0 N–H and O–H groups in total. The minimum absolute atomic E-state index is 0.569. The molecule has 2 aliphatic heterocycles. The molecule has 0 spiro atoms. The maximum atomic E-state index is 2.66. The van der Waals surface area contributed by atoms with E-state index in [2.05, 4.69) is 25.7 Å². The molecule has 11 heavy (non-hydrogen) atoms. The largest absolute Gasteiger partial charge is 0.300 e. The van der Waals surface area contributed by atoms with Gasteiger partial charge in [0.15, 0.2) is 0 Å². The molecule has 0 aromatic rings. The number of rotatable bonds is 0. The standard InChI is InChI=1S/C10H19N/c1-8-10(2,3)6-9-4-5-11(8)7-9/h8-9H,4-7H2,1-3H3. The topological polar surface area (TPSA) is 3.24 Å². The van der Waals surface area contributed by atoms with Gasteiger partial charge < -0.3 is 0 Å². The van der Waals surface area contributed by atoms with Crippen LogP contribution in [0, 0.1) is 11.3 Å². The van der Waals surface area contributed by atoms with E-state index in [0.717, 1.165) is 12.0 Å². The van der Waals surface area contributed by atoms with E-state index >= 15 is 0 Å². The number of hydrogen-bond acceptors (Lipinski definition) is 1. The van der Waals surface area contributed by atoms with Crippen molar-refractivity contribution >= 4 is 0 Å². The lowest BCUT2D eigenvalue weighted by molar-refractivity contribution is 0.0656. The highest BCUT2D eigenvalue weighted by atomic mass is 15.2. The fourth-order valence-electron chi connectivity index (χ4n) is 2.79. The molecule has 2 bridgehead atoms. The van der Waals surface area contributed by atoms with Crippen LogP contribution in [-0.4, -0.2) is 24.0 Å². The molecular weight excluding hydrogens is 134 g/mol. The van der Waals surface area contributed by atoms with E-state index < -0.39 is 0 Å². The SMILES string of the molecule is CC1N2CCC(C2)CC1(C)C. The minimum Gasteiger partial charge on any atom is -0.300 e. The maximum absolute atomic E-state index is 2.66. The first-order chi connectivity index (χ1) is 5.09. The van der Waals surface area contributed by atoms with Gasteiger partial charge in [0.2, 0.25) is 0 Å². The van der Waals surface area contributed by atoms with Crippen LogP contribution in [-0.2, 0) is 0 Å². The quantitative estimate of drug-likeness (QED) is 0.515. The van der Waals surface area contributed by atoms with Crippen LogP contribution in [0.4, 0.5) is 0 Å². The highest BCUT2D eigenvalue weighted by molar-refractivity contribution is 4.95. The lowest BCUT2D eigenvalue weighted by atomic mass is 9.75. The normalized spacial score (nSPS) is 47.7. The smallest absolute Gasteiger partial charge is 0.0118 e. The second kappa shape index (κ2) is 2.22. The average Bonchev–Trinajstić information content (AvgIpc) is 2.29. The van der Waals surface area contributed by atoms with Gasteiger partial charge in [-0.15, -0.1) is 0 Å². The molecule has 0 aromatic carbocycles. The zero-order chi connectivity index (χ0) is 8.06. The fourth-order valence-corrected chi connectivity index (χ4v) is 2.79. The van der Waals surface area contributed by atoms with Crippen LogP contribution in [0.1, 0.15) is 33.6 Å². The predicted molar refractivity (Wildman–Crippen MR) is 47.5 cm³/mol. The Morgan fingerprint density at radius 1 is 1.36 bits per heavy atom. The van der Waals surface area contributed by atoms with Gasteiger partial charge in [0.1, 0.15) is 0 Å². The van der Waals surface area contributed by atoms with Crippen molar-refractivity contribution in [1.29, 1.82) is 0 Å². The molecular formula is C10H19N. The molecule has 0 amide bonds. The zero-order valence-electron chi connectivity index (χ0n) is 7.93. The number of piperidine rings is 1. The van der Waals surface area contributed by atoms with Crippen LogP contribution >= 0.6 is 0 Å². The molecule has 0 saturated carbocycles. The molecule has 2 fully saturated rings. The van der Waals surface area contributed by atoms with E-state index in [1.54, 1.807) is 0 Å². The van der Waals surface area contributed by atoms with Crippen molar-refractivity contribution in [2.24, 2.45) is 11.3 Å². The van der Waals surface area contributed by atoms with Crippen LogP contribution in [0.25, 0.3) is 0 Å². The molecule has 3 unspecified atom stereocenters. The predicted octanol–water partition coefficient (Wildman–Crippen LogP) is 2.13. The monoisotopic (exact) mass is 153 g/mol. The summed E-state index contributed by atoms with van der Waals surface area (Å²) in [7, 11) is 0. The molecule has 2 heterocycles. The van der Waals surface area contributed by atoms with Gasteiger partial charge in [0.05, 0.1) is 0 Å². The minimum atomic E-state index is 0.569. The van der Waals surface area contributed by atoms with Gasteiger partial charge in [-0.1, -0.05) is 13.8 Å². The molecule has 64 valence electrons. The summed E-state index contributed by atoms with van der Waals surface area (Å²) in [5.41, 5.74) is 0.569. The van der Waals surface area contributed by atoms with Crippen LogP contribution in [0.15, 0.2) is 0 Å². The van der Waals surface area contributed by atoms with E-state index in [9.17, 15) is 0 Å². The third kappa shape index (κ3) is 1.10. The van der Waals surface area contributed by atoms with Gasteiger partial charge in [-0.05, 0) is 37.6 Å². The molecule has 3 atom stereocenters. The number of nitrogens with zero attached hydrogens (tertiary/aromatic N) is 1. The maximum Gasteiger partial charge on any atom is 0.0118 e. The summed E-state index contributed by atoms with van der Waals surface area (Å²) in [4.78, 5) is 2.66. The number of hydrogen-bond donors (Lipinski definition) is 0. The van der Waals surface area contributed by atoms with Gasteiger partial charge in [0.25, 0.3) is 0 Å². The van der Waals surface area contributed by atoms with E-state index in [1.807, 2.05) is 0 Å². The van der Waals surface area contributed by atoms with Crippen molar-refractivity contribution in [3.8, 4) is 0 Å². The molecule has 1 nitrogen and oxygen atoms in total. The highest BCUT2D eigenvalue weighted by Crippen LogP contribution is 2.42. The van der Waals surface area contributed by atoms with Crippen molar-refractivity contribution in [2.45, 2.75) is 39.7 Å². The molecule has 1 heteroatoms.